The maximum atomic E-state index is 14.6. The number of hydrogen-bond acceptors (Lipinski definition) is 15. The summed E-state index contributed by atoms with van der Waals surface area (Å²) < 4.78 is 23.3. The fraction of sp³-hybridized carbons (Fsp3) is 0.905. The Kier molecular flexibility index (Phi) is 11.6. The molecule has 18 unspecified atom stereocenters. The average molecular weight is 827 g/mol. The maximum Gasteiger partial charge on any atom is 0.335 e. The minimum absolute atomic E-state index is 0.0842. The van der Waals surface area contributed by atoms with Crippen LogP contribution >= 0.6 is 0 Å². The molecule has 0 amide bonds. The van der Waals surface area contributed by atoms with Crippen LogP contribution in [0, 0.1) is 50.2 Å². The van der Waals surface area contributed by atoms with E-state index in [0.717, 1.165) is 19.3 Å². The Labute approximate surface area is 339 Å². The van der Waals surface area contributed by atoms with Crippen LogP contribution in [-0.4, -0.2) is 150 Å². The Morgan fingerprint density at radius 1 is 0.741 bits per heavy atom. The lowest BCUT2D eigenvalue weighted by Gasteiger charge is -2.71. The second kappa shape index (κ2) is 15.2. The van der Waals surface area contributed by atoms with Crippen LogP contribution in [-0.2, 0) is 28.5 Å². The molecule has 58 heavy (non-hydrogen) atoms. The number of aliphatic hydroxyl groups is 9. The Balaban J connectivity index is 1.19. The summed E-state index contributed by atoms with van der Waals surface area (Å²) in [5.74, 6) is -2.44. The van der Waals surface area contributed by atoms with Crippen LogP contribution in [0.5, 0.6) is 0 Å². The fourth-order valence-corrected chi connectivity index (χ4v) is 13.6. The van der Waals surface area contributed by atoms with Crippen molar-refractivity contribution >= 4 is 11.9 Å². The van der Waals surface area contributed by atoms with Crippen molar-refractivity contribution in [2.45, 2.75) is 166 Å². The van der Waals surface area contributed by atoms with Crippen LogP contribution in [0.3, 0.4) is 0 Å². The SMILES string of the molecule is CC1(C)CCC2(C(=O)OC3OC(CO)C(O)C(O)C3O)CCC3(C)C(=CCC4C5(C)CCC(OC6OC(C(=O)O)C(O)C(O)C6O)C(CO)(CO)C5CCC43C)C2C1. The highest BCUT2D eigenvalue weighted by Gasteiger charge is 2.71. The molecule has 16 nitrogen and oxygen atoms in total. The van der Waals surface area contributed by atoms with Gasteiger partial charge in [-0.15, -0.1) is 0 Å². The van der Waals surface area contributed by atoms with E-state index in [4.69, 9.17) is 18.9 Å². The fourth-order valence-electron chi connectivity index (χ4n) is 13.6. The number of rotatable bonds is 8. The van der Waals surface area contributed by atoms with E-state index in [1.807, 2.05) is 0 Å². The predicted octanol–water partition coefficient (Wildman–Crippen LogP) is 0.353. The minimum Gasteiger partial charge on any atom is -0.479 e. The van der Waals surface area contributed by atoms with Crippen molar-refractivity contribution in [1.82, 2.24) is 0 Å². The molecule has 4 saturated carbocycles. The van der Waals surface area contributed by atoms with Gasteiger partial charge in [-0.1, -0.05) is 46.3 Å². The molecule has 0 aromatic heterocycles. The molecule has 0 aromatic rings. The van der Waals surface area contributed by atoms with Gasteiger partial charge in [0.25, 0.3) is 0 Å². The van der Waals surface area contributed by atoms with Crippen LogP contribution < -0.4 is 0 Å². The Bertz CT molecular complexity index is 1600. The summed E-state index contributed by atoms with van der Waals surface area (Å²) in [7, 11) is 0. The molecule has 16 heteroatoms. The van der Waals surface area contributed by atoms with Gasteiger partial charge in [0.05, 0.1) is 31.3 Å². The van der Waals surface area contributed by atoms with Gasteiger partial charge in [-0.3, -0.25) is 4.79 Å². The van der Waals surface area contributed by atoms with Crippen molar-refractivity contribution in [3.05, 3.63) is 11.6 Å². The van der Waals surface area contributed by atoms with Gasteiger partial charge in [-0.2, -0.15) is 0 Å². The van der Waals surface area contributed by atoms with Crippen molar-refractivity contribution in [3.63, 3.8) is 0 Å². The zero-order chi connectivity index (χ0) is 42.5. The molecule has 0 aromatic carbocycles. The molecule has 7 rings (SSSR count). The van der Waals surface area contributed by atoms with Crippen molar-refractivity contribution in [2.75, 3.05) is 19.8 Å². The first kappa shape index (κ1) is 44.3. The molecule has 2 aliphatic heterocycles. The molecule has 2 saturated heterocycles. The largest absolute Gasteiger partial charge is 0.479 e. The zero-order valence-electron chi connectivity index (χ0n) is 34.3. The molecule has 330 valence electrons. The van der Waals surface area contributed by atoms with E-state index >= 15 is 0 Å². The number of ether oxygens (including phenoxy) is 4. The van der Waals surface area contributed by atoms with Gasteiger partial charge in [0.2, 0.25) is 6.29 Å². The summed E-state index contributed by atoms with van der Waals surface area (Å²) in [6.07, 6.45) is -9.13. The summed E-state index contributed by atoms with van der Waals surface area (Å²) in [5, 5.41) is 105. The summed E-state index contributed by atoms with van der Waals surface area (Å²) >= 11 is 0. The zero-order valence-corrected chi connectivity index (χ0v) is 34.3. The highest BCUT2D eigenvalue weighted by Crippen LogP contribution is 2.76. The van der Waals surface area contributed by atoms with Gasteiger partial charge in [0.1, 0.15) is 42.7 Å². The Hall–Kier alpha value is -1.80. The molecule has 10 N–H and O–H groups in total. The van der Waals surface area contributed by atoms with Gasteiger partial charge >= 0.3 is 11.9 Å². The minimum atomic E-state index is -1.89. The average Bonchev–Trinajstić information content (AvgIpc) is 3.18. The van der Waals surface area contributed by atoms with Crippen LogP contribution in [0.15, 0.2) is 11.6 Å². The monoisotopic (exact) mass is 826 g/mol. The van der Waals surface area contributed by atoms with E-state index in [9.17, 15) is 60.7 Å². The Morgan fingerprint density at radius 2 is 1.38 bits per heavy atom. The second-order valence-corrected chi connectivity index (χ2v) is 20.4. The number of allylic oxidation sites excluding steroid dienone is 2. The van der Waals surface area contributed by atoms with Gasteiger partial charge in [0.15, 0.2) is 12.4 Å². The number of hydrogen-bond donors (Lipinski definition) is 10. The predicted molar refractivity (Wildman–Crippen MR) is 201 cm³/mol. The van der Waals surface area contributed by atoms with Crippen LogP contribution in [0.2, 0.25) is 0 Å². The number of aliphatic carboxylic acids is 1. The summed E-state index contributed by atoms with van der Waals surface area (Å²) in [5.41, 5.74) is -2.08. The van der Waals surface area contributed by atoms with Gasteiger partial charge in [0, 0.05) is 5.41 Å². The number of carboxylic acid groups (broad SMARTS) is 1. The summed E-state index contributed by atoms with van der Waals surface area (Å²) in [6.45, 7) is 9.73. The summed E-state index contributed by atoms with van der Waals surface area (Å²) in [6, 6.07) is 0. The van der Waals surface area contributed by atoms with E-state index in [2.05, 4.69) is 40.7 Å². The van der Waals surface area contributed by atoms with Crippen LogP contribution in [0.25, 0.3) is 0 Å². The van der Waals surface area contributed by atoms with E-state index < -0.39 is 116 Å². The molecule has 7 aliphatic rings. The topological polar surface area (TPSA) is 273 Å². The van der Waals surface area contributed by atoms with Gasteiger partial charge in [-0.05, 0) is 104 Å². The molecule has 0 radical (unpaired) electrons. The molecular weight excluding hydrogens is 760 g/mol. The first-order chi connectivity index (χ1) is 27.1. The Morgan fingerprint density at radius 3 is 2.02 bits per heavy atom. The highest BCUT2D eigenvalue weighted by atomic mass is 16.7. The number of esters is 1. The van der Waals surface area contributed by atoms with E-state index in [0.29, 0.717) is 44.9 Å². The standard InChI is InChI=1S/C42H66O16/c1-37(2)12-14-41(36(54)58-34-30(50)27(47)26(46)22(17-43)55-34)15-13-39(4)20(21(41)16-37)6-7-23-38(3)10-9-25(42(18-44,19-45)24(38)8-11-40(23,39)5)56-35-31(51)28(48)29(49)32(57-35)33(52)53/h6,21-32,34-35,43-51H,7-19H2,1-5H3,(H,52,53). The molecule has 5 aliphatic carbocycles. The lowest BCUT2D eigenvalue weighted by Crippen LogP contribution is -2.68. The van der Waals surface area contributed by atoms with Gasteiger partial charge in [-0.25, -0.2) is 4.79 Å². The van der Waals surface area contributed by atoms with E-state index in [1.165, 1.54) is 5.57 Å². The number of carbonyl (C=O) groups is 2. The van der Waals surface area contributed by atoms with E-state index in [1.54, 1.807) is 0 Å². The highest BCUT2D eigenvalue weighted by molar-refractivity contribution is 5.79. The third kappa shape index (κ3) is 6.37. The van der Waals surface area contributed by atoms with Crippen molar-refractivity contribution < 1.29 is 79.6 Å². The first-order valence-corrected chi connectivity index (χ1v) is 21.1. The quantitative estimate of drug-likeness (QED) is 0.0899. The van der Waals surface area contributed by atoms with Crippen molar-refractivity contribution in [1.29, 1.82) is 0 Å². The normalized spacial score (nSPS) is 50.9. The number of fused-ring (bicyclic) bond motifs is 7. The lowest BCUT2D eigenvalue weighted by atomic mass is 9.33. The number of carboxylic acids is 1. The van der Waals surface area contributed by atoms with E-state index in [-0.39, 0.29) is 34.0 Å². The lowest BCUT2D eigenvalue weighted by molar-refractivity contribution is -0.331. The van der Waals surface area contributed by atoms with Crippen LogP contribution in [0.4, 0.5) is 0 Å². The molecule has 2 heterocycles. The third-order valence-electron chi connectivity index (χ3n) is 17.4. The molecule has 6 fully saturated rings. The molecular formula is C42H66O16. The van der Waals surface area contributed by atoms with Crippen molar-refractivity contribution in [2.24, 2.45) is 50.2 Å². The number of carbonyl (C=O) groups excluding carboxylic acids is 1. The molecule has 0 bridgehead atoms. The molecule has 18 atom stereocenters. The van der Waals surface area contributed by atoms with Crippen LogP contribution in [0.1, 0.15) is 98.8 Å². The molecule has 0 spiro atoms. The second-order valence-electron chi connectivity index (χ2n) is 20.4. The third-order valence-corrected chi connectivity index (χ3v) is 17.4. The number of aliphatic hydroxyl groups excluding tert-OH is 9. The van der Waals surface area contributed by atoms with Gasteiger partial charge < -0.3 is 70.0 Å². The maximum absolute atomic E-state index is 14.6. The first-order valence-electron chi connectivity index (χ1n) is 21.1. The van der Waals surface area contributed by atoms with Crippen molar-refractivity contribution in [3.8, 4) is 0 Å². The smallest absolute Gasteiger partial charge is 0.335 e. The summed E-state index contributed by atoms with van der Waals surface area (Å²) in [4.78, 5) is 26.4.